The van der Waals surface area contributed by atoms with Crippen LogP contribution in [0.3, 0.4) is 0 Å². The van der Waals surface area contributed by atoms with Crippen molar-refractivity contribution in [2.75, 3.05) is 6.61 Å². The molecule has 2 aromatic rings. The molecule has 5 heteroatoms. The van der Waals surface area contributed by atoms with Crippen molar-refractivity contribution in [1.29, 1.82) is 0 Å². The number of esters is 1. The van der Waals surface area contributed by atoms with E-state index < -0.39 is 5.97 Å². The summed E-state index contributed by atoms with van der Waals surface area (Å²) in [6, 6.07) is 14.4. The van der Waals surface area contributed by atoms with Gasteiger partial charge in [-0.15, -0.1) is 0 Å². The molecule has 0 unspecified atom stereocenters. The number of benzene rings is 2. The van der Waals surface area contributed by atoms with E-state index in [-0.39, 0.29) is 11.6 Å². The van der Waals surface area contributed by atoms with E-state index in [9.17, 15) is 4.79 Å². The molecule has 0 amide bonds. The summed E-state index contributed by atoms with van der Waals surface area (Å²) in [7, 11) is 0. The van der Waals surface area contributed by atoms with Gasteiger partial charge in [-0.3, -0.25) is 0 Å². The summed E-state index contributed by atoms with van der Waals surface area (Å²) in [5, 5.41) is 0.477. The quantitative estimate of drug-likeness (QED) is 0.465. The second-order valence-electron chi connectivity index (χ2n) is 4.99. The highest BCUT2D eigenvalue weighted by Crippen LogP contribution is 2.24. The molecule has 0 aromatic heterocycles. The minimum Gasteiger partial charge on any atom is -0.490 e. The van der Waals surface area contributed by atoms with Crippen LogP contribution in [0.15, 0.2) is 71.9 Å². The number of cyclic esters (lactones) is 1. The predicted octanol–water partition coefficient (Wildman–Crippen LogP) is 4.25. The molecule has 0 fully saturated rings. The van der Waals surface area contributed by atoms with Gasteiger partial charge in [0.05, 0.1) is 10.6 Å². The lowest BCUT2D eigenvalue weighted by atomic mass is 10.2. The Bertz CT molecular complexity index is 855. The molecule has 0 aliphatic carbocycles. The number of ether oxygens (including phenoxy) is 2. The fourth-order valence-corrected chi connectivity index (χ4v) is 2.38. The second-order valence-corrected chi connectivity index (χ2v) is 5.40. The average molecular weight is 340 g/mol. The molecule has 4 nitrogen and oxygen atoms in total. The van der Waals surface area contributed by atoms with E-state index in [1.807, 2.05) is 24.3 Å². The van der Waals surface area contributed by atoms with Crippen LogP contribution in [0.4, 0.5) is 0 Å². The van der Waals surface area contributed by atoms with E-state index in [4.69, 9.17) is 21.1 Å². The standard InChI is InChI=1S/C19H14ClNO3/c1-2-10-23-14-7-5-6-13(11-14)12-17-19(22)24-18(21-17)15-8-3-4-9-16(15)20/h2-9,11-12H,1,10H2/b17-12+. The van der Waals surface area contributed by atoms with Gasteiger partial charge in [-0.2, -0.15) is 0 Å². The van der Waals surface area contributed by atoms with Crippen molar-refractivity contribution >= 4 is 29.5 Å². The molecule has 120 valence electrons. The van der Waals surface area contributed by atoms with Crippen molar-refractivity contribution in [1.82, 2.24) is 0 Å². The largest absolute Gasteiger partial charge is 0.490 e. The SMILES string of the molecule is C=CCOc1cccc(/C=C2/N=C(c3ccccc3Cl)OC2=O)c1. The maximum atomic E-state index is 12.0. The van der Waals surface area contributed by atoms with Gasteiger partial charge in [0.2, 0.25) is 5.90 Å². The van der Waals surface area contributed by atoms with Gasteiger partial charge in [0, 0.05) is 0 Å². The lowest BCUT2D eigenvalue weighted by molar-refractivity contribution is -0.129. The molecule has 1 aliphatic heterocycles. The smallest absolute Gasteiger partial charge is 0.363 e. The lowest BCUT2D eigenvalue weighted by Gasteiger charge is -2.03. The summed E-state index contributed by atoms with van der Waals surface area (Å²) in [6.07, 6.45) is 3.31. The summed E-state index contributed by atoms with van der Waals surface area (Å²) in [5.74, 6) is 0.379. The van der Waals surface area contributed by atoms with Gasteiger partial charge in [0.1, 0.15) is 12.4 Å². The third-order valence-corrected chi connectivity index (χ3v) is 3.58. The van der Waals surface area contributed by atoms with Gasteiger partial charge in [0.25, 0.3) is 0 Å². The molecular weight excluding hydrogens is 326 g/mol. The Balaban J connectivity index is 1.89. The Labute approximate surface area is 144 Å². The molecule has 0 N–H and O–H groups in total. The summed E-state index contributed by atoms with van der Waals surface area (Å²) >= 11 is 6.11. The number of aliphatic imine (C=N–C) groups is 1. The van der Waals surface area contributed by atoms with Gasteiger partial charge in [-0.25, -0.2) is 9.79 Å². The van der Waals surface area contributed by atoms with Crippen LogP contribution in [0.25, 0.3) is 6.08 Å². The number of hydrogen-bond donors (Lipinski definition) is 0. The topological polar surface area (TPSA) is 47.9 Å². The second kappa shape index (κ2) is 7.15. The first kappa shape index (κ1) is 16.0. The highest BCUT2D eigenvalue weighted by atomic mass is 35.5. The van der Waals surface area contributed by atoms with Crippen LogP contribution in [0.1, 0.15) is 11.1 Å². The van der Waals surface area contributed by atoms with Crippen molar-refractivity contribution in [3.8, 4) is 5.75 Å². The van der Waals surface area contributed by atoms with Crippen LogP contribution in [0.2, 0.25) is 5.02 Å². The Morgan fingerprint density at radius 3 is 2.83 bits per heavy atom. The van der Waals surface area contributed by atoms with Crippen molar-refractivity contribution in [2.45, 2.75) is 0 Å². The zero-order valence-corrected chi connectivity index (χ0v) is 13.5. The summed E-state index contributed by atoms with van der Waals surface area (Å²) in [5.41, 5.74) is 1.58. The zero-order valence-electron chi connectivity index (χ0n) is 12.7. The molecule has 1 aliphatic rings. The molecule has 0 atom stereocenters. The molecule has 0 spiro atoms. The normalized spacial score (nSPS) is 15.1. The molecular formula is C19H14ClNO3. The van der Waals surface area contributed by atoms with E-state index in [1.54, 1.807) is 36.4 Å². The lowest BCUT2D eigenvalue weighted by Crippen LogP contribution is -2.05. The van der Waals surface area contributed by atoms with Crippen LogP contribution < -0.4 is 4.74 Å². The molecule has 0 radical (unpaired) electrons. The Kier molecular flexibility index (Phi) is 4.77. The van der Waals surface area contributed by atoms with Crippen LogP contribution >= 0.6 is 11.6 Å². The van der Waals surface area contributed by atoms with Gasteiger partial charge < -0.3 is 9.47 Å². The molecule has 24 heavy (non-hydrogen) atoms. The third kappa shape index (κ3) is 3.55. The molecule has 2 aromatic carbocycles. The monoisotopic (exact) mass is 339 g/mol. The van der Waals surface area contributed by atoms with Crippen LogP contribution in [-0.2, 0) is 9.53 Å². The molecule has 3 rings (SSSR count). The van der Waals surface area contributed by atoms with Gasteiger partial charge in [-0.1, -0.05) is 48.5 Å². The van der Waals surface area contributed by atoms with Gasteiger partial charge in [0.15, 0.2) is 5.70 Å². The number of nitrogens with zero attached hydrogens (tertiary/aromatic N) is 1. The number of halogens is 1. The van der Waals surface area contributed by atoms with Gasteiger partial charge in [-0.05, 0) is 35.9 Å². The zero-order chi connectivity index (χ0) is 16.9. The first-order valence-electron chi connectivity index (χ1n) is 7.28. The fourth-order valence-electron chi connectivity index (χ4n) is 2.17. The van der Waals surface area contributed by atoms with E-state index >= 15 is 0 Å². The molecule has 0 saturated carbocycles. The average Bonchev–Trinajstić information content (AvgIpc) is 2.94. The number of carbonyl (C=O) groups excluding carboxylic acids is 1. The van der Waals surface area contributed by atoms with Crippen molar-refractivity contribution in [3.05, 3.63) is 83.0 Å². The fraction of sp³-hybridized carbons (Fsp3) is 0.0526. The predicted molar refractivity (Wildman–Crippen MR) is 94.2 cm³/mol. The Morgan fingerprint density at radius 2 is 2.04 bits per heavy atom. The highest BCUT2D eigenvalue weighted by molar-refractivity contribution is 6.34. The molecule has 0 bridgehead atoms. The van der Waals surface area contributed by atoms with E-state index in [0.717, 1.165) is 5.56 Å². The summed E-state index contributed by atoms with van der Waals surface area (Å²) in [6.45, 7) is 4.02. The van der Waals surface area contributed by atoms with E-state index in [1.165, 1.54) is 0 Å². The maximum Gasteiger partial charge on any atom is 0.363 e. The van der Waals surface area contributed by atoms with Crippen LogP contribution in [0.5, 0.6) is 5.75 Å². The summed E-state index contributed by atoms with van der Waals surface area (Å²) in [4.78, 5) is 16.3. The Hall–Kier alpha value is -2.85. The van der Waals surface area contributed by atoms with Gasteiger partial charge >= 0.3 is 5.97 Å². The minimum absolute atomic E-state index is 0.205. The van der Waals surface area contributed by atoms with E-state index in [2.05, 4.69) is 11.6 Å². The van der Waals surface area contributed by atoms with Crippen molar-refractivity contribution < 1.29 is 14.3 Å². The Morgan fingerprint density at radius 1 is 1.21 bits per heavy atom. The van der Waals surface area contributed by atoms with Crippen molar-refractivity contribution in [3.63, 3.8) is 0 Å². The van der Waals surface area contributed by atoms with Crippen molar-refractivity contribution in [2.24, 2.45) is 4.99 Å². The number of rotatable bonds is 5. The summed E-state index contributed by atoms with van der Waals surface area (Å²) < 4.78 is 10.7. The first-order valence-corrected chi connectivity index (χ1v) is 7.66. The van der Waals surface area contributed by atoms with Crippen LogP contribution in [-0.4, -0.2) is 18.5 Å². The first-order chi connectivity index (χ1) is 11.7. The third-order valence-electron chi connectivity index (χ3n) is 3.25. The molecule has 0 saturated heterocycles. The minimum atomic E-state index is -0.512. The maximum absolute atomic E-state index is 12.0. The van der Waals surface area contributed by atoms with Crippen LogP contribution in [0, 0.1) is 0 Å². The van der Waals surface area contributed by atoms with E-state index in [0.29, 0.717) is 22.9 Å². The highest BCUT2D eigenvalue weighted by Gasteiger charge is 2.25. The molecule has 1 heterocycles. The number of carbonyl (C=O) groups is 1. The number of hydrogen-bond acceptors (Lipinski definition) is 4.